The number of aromatic nitrogens is 2. The molecule has 20 heteroatoms. The molecule has 0 unspecified atom stereocenters. The van der Waals surface area contributed by atoms with Crippen LogP contribution in [0.1, 0.15) is 77.7 Å². The molecule has 2 fully saturated rings. The van der Waals surface area contributed by atoms with E-state index < -0.39 is 47.1 Å². The highest BCUT2D eigenvalue weighted by atomic mass is 32.1. The number of β-amino-alcohol motifs (C(OH)–C–C–N with tert-alkyl or cyclic N) is 1. The van der Waals surface area contributed by atoms with Crippen molar-refractivity contribution in [1.29, 1.82) is 0 Å². The van der Waals surface area contributed by atoms with Gasteiger partial charge in [-0.25, -0.2) is 9.37 Å². The van der Waals surface area contributed by atoms with Crippen LogP contribution in [0, 0.1) is 32.0 Å². The molecule has 6 amide bonds. The number of aryl methyl sites for hydroxylation is 2. The van der Waals surface area contributed by atoms with Crippen LogP contribution < -0.4 is 21.3 Å². The molecule has 0 bridgehead atoms. The van der Waals surface area contributed by atoms with Crippen LogP contribution in [0.5, 0.6) is 0 Å². The van der Waals surface area contributed by atoms with Gasteiger partial charge >= 0.3 is 0 Å². The van der Waals surface area contributed by atoms with Gasteiger partial charge in [0.25, 0.3) is 11.8 Å². The van der Waals surface area contributed by atoms with Crippen LogP contribution >= 0.6 is 11.3 Å². The maximum Gasteiger partial charge on any atom is 0.256 e. The third-order valence-electron chi connectivity index (χ3n) is 13.0. The average molecular weight is 998 g/mol. The van der Waals surface area contributed by atoms with E-state index in [2.05, 4.69) is 36.1 Å². The molecule has 2 aromatic heterocycles. The predicted octanol–water partition coefficient (Wildman–Crippen LogP) is 3.80. The first-order valence-corrected chi connectivity index (χ1v) is 24.8. The summed E-state index contributed by atoms with van der Waals surface area (Å²) in [6.07, 6.45) is 1.51. The lowest BCUT2D eigenvalue weighted by Crippen LogP contribution is -2.58. The second-order valence-corrected chi connectivity index (χ2v) is 20.1. The topological polar surface area (TPSA) is 228 Å². The number of amides is 6. The number of ether oxygens (including phenoxy) is 2. The largest absolute Gasteiger partial charge is 0.391 e. The average Bonchev–Trinajstić information content (AvgIpc) is 4.10. The molecule has 0 radical (unpaired) electrons. The molecule has 5 heterocycles. The Bertz CT molecular complexity index is 2630. The number of aliphatic hydroxyl groups excluding tert-OH is 1. The Balaban J connectivity index is 0.764. The van der Waals surface area contributed by atoms with Gasteiger partial charge in [0, 0.05) is 74.9 Å². The van der Waals surface area contributed by atoms with Crippen LogP contribution in [0.15, 0.2) is 48.0 Å². The van der Waals surface area contributed by atoms with E-state index in [9.17, 15) is 38.3 Å². The van der Waals surface area contributed by atoms with Crippen LogP contribution in [0.4, 0.5) is 10.1 Å². The number of likely N-dealkylation sites (tertiary alicyclic amines) is 1. The van der Waals surface area contributed by atoms with E-state index in [1.165, 1.54) is 23.1 Å². The number of halogens is 1. The van der Waals surface area contributed by atoms with Crippen LogP contribution in [0.3, 0.4) is 0 Å². The maximum absolute atomic E-state index is 14.0. The summed E-state index contributed by atoms with van der Waals surface area (Å²) in [4.78, 5) is 93.1. The smallest absolute Gasteiger partial charge is 0.256 e. The van der Waals surface area contributed by atoms with Crippen molar-refractivity contribution >= 4 is 64.1 Å². The van der Waals surface area contributed by atoms with Gasteiger partial charge in [0.2, 0.25) is 23.6 Å². The van der Waals surface area contributed by atoms with Crippen molar-refractivity contribution in [2.24, 2.45) is 5.41 Å². The van der Waals surface area contributed by atoms with Gasteiger partial charge in [-0.2, -0.15) is 0 Å². The first-order chi connectivity index (χ1) is 33.9. The van der Waals surface area contributed by atoms with Crippen molar-refractivity contribution in [3.05, 3.63) is 93.1 Å². The first-order valence-electron chi connectivity index (χ1n) is 23.9. The number of hydrogen-bond acceptors (Lipinski definition) is 12. The van der Waals surface area contributed by atoms with E-state index in [4.69, 9.17) is 9.47 Å². The molecule has 3 atom stereocenters. The number of aromatic amines is 1. The molecule has 6 N–H and O–H groups in total. The van der Waals surface area contributed by atoms with Gasteiger partial charge in [-0.1, -0.05) is 45.0 Å². The fourth-order valence-electron chi connectivity index (χ4n) is 9.04. The molecule has 2 aromatic carbocycles. The Morgan fingerprint density at radius 3 is 2.39 bits per heavy atom. The van der Waals surface area contributed by atoms with Gasteiger partial charge in [0.1, 0.15) is 31.1 Å². The van der Waals surface area contributed by atoms with E-state index in [-0.39, 0.29) is 63.7 Å². The van der Waals surface area contributed by atoms with Crippen LogP contribution in [-0.4, -0.2) is 156 Å². The van der Waals surface area contributed by atoms with Crippen molar-refractivity contribution in [3.8, 4) is 10.4 Å². The van der Waals surface area contributed by atoms with E-state index in [1.54, 1.807) is 62.4 Å². The van der Waals surface area contributed by atoms with Crippen molar-refractivity contribution < 1.29 is 47.7 Å². The second-order valence-electron chi connectivity index (χ2n) is 19.2. The number of hydrogen-bond donors (Lipinski definition) is 6. The molecule has 3 aliphatic rings. The van der Waals surface area contributed by atoms with E-state index in [0.29, 0.717) is 78.5 Å². The molecule has 2 saturated heterocycles. The zero-order valence-corrected chi connectivity index (χ0v) is 41.9. The number of carbonyl (C=O) groups excluding carboxylic acids is 6. The van der Waals surface area contributed by atoms with Gasteiger partial charge in [-0.05, 0) is 80.1 Å². The Hall–Kier alpha value is -6.32. The number of nitrogens with one attached hydrogen (secondary N) is 5. The van der Waals surface area contributed by atoms with E-state index in [0.717, 1.165) is 28.2 Å². The van der Waals surface area contributed by atoms with Gasteiger partial charge in [-0.15, -0.1) is 11.3 Å². The number of anilines is 1. The number of rotatable bonds is 19. The minimum atomic E-state index is -1.01. The number of fused-ring (bicyclic) bond motifs is 1. The molecular weight excluding hydrogens is 934 g/mol. The normalized spacial score (nSPS) is 18.1. The van der Waals surface area contributed by atoms with Gasteiger partial charge in [0.15, 0.2) is 0 Å². The van der Waals surface area contributed by atoms with E-state index >= 15 is 0 Å². The monoisotopic (exact) mass is 997 g/mol. The summed E-state index contributed by atoms with van der Waals surface area (Å²) in [6, 6.07) is 10.0. The number of H-pyrrole nitrogens is 1. The Morgan fingerprint density at radius 1 is 0.986 bits per heavy atom. The molecule has 71 heavy (non-hydrogen) atoms. The molecule has 0 spiro atoms. The Morgan fingerprint density at radius 2 is 1.70 bits per heavy atom. The Kier molecular flexibility index (Phi) is 17.2. The predicted molar refractivity (Wildman–Crippen MR) is 266 cm³/mol. The van der Waals surface area contributed by atoms with Gasteiger partial charge < -0.3 is 50.6 Å². The van der Waals surface area contributed by atoms with Gasteiger partial charge in [0.05, 0.1) is 46.5 Å². The van der Waals surface area contributed by atoms with Crippen LogP contribution in [0.25, 0.3) is 22.1 Å². The molecular formula is C51H64FN9O9S. The number of carbonyl (C=O) groups is 6. The second kappa shape index (κ2) is 23.3. The number of nitrogens with zero attached hydrogens (tertiary/aromatic N) is 4. The van der Waals surface area contributed by atoms with Crippen molar-refractivity contribution in [2.75, 3.05) is 77.6 Å². The molecule has 3 aliphatic heterocycles. The summed E-state index contributed by atoms with van der Waals surface area (Å²) in [5.41, 5.74) is 7.67. The van der Waals surface area contributed by atoms with Crippen molar-refractivity contribution in [1.82, 2.24) is 40.6 Å². The maximum atomic E-state index is 14.0. The minimum Gasteiger partial charge on any atom is -0.391 e. The minimum absolute atomic E-state index is 0.0335. The summed E-state index contributed by atoms with van der Waals surface area (Å²) in [6.45, 7) is 14.3. The SMILES string of the molecule is Cc1ncsc1-c1ccc(CNC(=O)[C@@H]2C[C@@H](O)CN2C(=O)[C@@H](NC(=O)COCCOCC(=O)N2CCN(CCCNC(=O)c3c(C)[nH]c(/C=C4\C(=O)Nc5ccc(F)cc54)c3C)CC2)C(C)(C)C)cc1. The fourth-order valence-corrected chi connectivity index (χ4v) is 9.85. The molecule has 0 aliphatic carbocycles. The standard InChI is InChI=1S/C51H64FN9O9S/c1-30-40(24-38-37-22-35(52)12-13-39(37)57-47(38)65)56-31(2)44(30)49(67)53-14-7-15-59-16-18-60(19-17-59)43(64)28-70-21-20-69-27-42(63)58-46(51(4,5)6)50(68)61-26-36(62)23-41(61)48(66)54-25-33-8-10-34(11-9-33)45-32(3)55-29-71-45/h8-13,22,24,29,36,41,46,56,62H,7,14-21,23,25-28H2,1-6H3,(H,53,67)(H,54,66)(H,57,65)(H,58,63)/b38-24-/t36-,41+,46-/m1/s1. The molecule has 18 nitrogen and oxygen atoms in total. The fraction of sp³-hybridized carbons (Fsp3) is 0.471. The lowest BCUT2D eigenvalue weighted by molar-refractivity contribution is -0.144. The lowest BCUT2D eigenvalue weighted by atomic mass is 9.85. The zero-order chi connectivity index (χ0) is 51.0. The summed E-state index contributed by atoms with van der Waals surface area (Å²) >= 11 is 1.56. The molecule has 380 valence electrons. The summed E-state index contributed by atoms with van der Waals surface area (Å²) in [5, 5.41) is 22.0. The van der Waals surface area contributed by atoms with Crippen molar-refractivity contribution in [3.63, 3.8) is 0 Å². The number of benzene rings is 2. The quantitative estimate of drug-likeness (QED) is 0.0585. The number of thiazole rings is 1. The van der Waals surface area contributed by atoms with Crippen LogP contribution in [0.2, 0.25) is 0 Å². The zero-order valence-electron chi connectivity index (χ0n) is 41.1. The first kappa shape index (κ1) is 52.5. The third-order valence-corrected chi connectivity index (χ3v) is 13.9. The van der Waals surface area contributed by atoms with Crippen molar-refractivity contribution in [2.45, 2.75) is 79.1 Å². The Labute approximate surface area is 416 Å². The third kappa shape index (κ3) is 13.2. The molecule has 0 saturated carbocycles. The summed E-state index contributed by atoms with van der Waals surface area (Å²) in [7, 11) is 0. The summed E-state index contributed by atoms with van der Waals surface area (Å²) in [5.74, 6) is -2.59. The number of piperazine rings is 1. The van der Waals surface area contributed by atoms with Gasteiger partial charge in [-0.3, -0.25) is 33.7 Å². The van der Waals surface area contributed by atoms with Crippen LogP contribution in [-0.2, 0) is 40.0 Å². The lowest BCUT2D eigenvalue weighted by Gasteiger charge is -2.35. The molecule has 4 aromatic rings. The summed E-state index contributed by atoms with van der Waals surface area (Å²) < 4.78 is 25.0. The highest BCUT2D eigenvalue weighted by Gasteiger charge is 2.44. The highest BCUT2D eigenvalue weighted by Crippen LogP contribution is 2.35. The highest BCUT2D eigenvalue weighted by molar-refractivity contribution is 7.13. The van der Waals surface area contributed by atoms with E-state index in [1.807, 2.05) is 31.2 Å². The number of aliphatic hydroxyl groups is 1. The molecule has 7 rings (SSSR count).